The van der Waals surface area contributed by atoms with Crippen LogP contribution in [0.25, 0.3) is 0 Å². The van der Waals surface area contributed by atoms with Gasteiger partial charge in [-0.2, -0.15) is 0 Å². The minimum atomic E-state index is -0.395. The molecule has 0 spiro atoms. The molecule has 0 bridgehead atoms. The van der Waals surface area contributed by atoms with Crippen LogP contribution in [0.5, 0.6) is 0 Å². The minimum Gasteiger partial charge on any atom is -0.469 e. The van der Waals surface area contributed by atoms with Crippen molar-refractivity contribution in [1.82, 2.24) is 0 Å². The molecular formula is C17H20O2. The summed E-state index contributed by atoms with van der Waals surface area (Å²) in [4.78, 5) is 12.7. The highest BCUT2D eigenvalue weighted by atomic mass is 16.3. The first-order valence-corrected chi connectivity index (χ1v) is 6.84. The van der Waals surface area contributed by atoms with Crippen LogP contribution < -0.4 is 0 Å². The molecule has 0 saturated heterocycles. The third-order valence-corrected chi connectivity index (χ3v) is 3.98. The van der Waals surface area contributed by atoms with Crippen LogP contribution in [0.3, 0.4) is 0 Å². The van der Waals surface area contributed by atoms with Gasteiger partial charge in [0.2, 0.25) is 0 Å². The van der Waals surface area contributed by atoms with Crippen molar-refractivity contribution in [3.05, 3.63) is 60.1 Å². The zero-order valence-corrected chi connectivity index (χ0v) is 11.6. The Labute approximate surface area is 114 Å². The summed E-state index contributed by atoms with van der Waals surface area (Å²) < 4.78 is 5.30. The van der Waals surface area contributed by atoms with Crippen molar-refractivity contribution in [2.75, 3.05) is 0 Å². The predicted molar refractivity (Wildman–Crippen MR) is 76.1 cm³/mol. The maximum atomic E-state index is 12.7. The highest BCUT2D eigenvalue weighted by Gasteiger charge is 2.36. The average molecular weight is 256 g/mol. The second kappa shape index (κ2) is 5.87. The summed E-state index contributed by atoms with van der Waals surface area (Å²) in [6.45, 7) is 4.16. The molecule has 1 aromatic carbocycles. The van der Waals surface area contributed by atoms with Gasteiger partial charge in [0.1, 0.15) is 5.76 Å². The predicted octanol–water partition coefficient (Wildman–Crippen LogP) is 4.15. The Morgan fingerprint density at radius 3 is 2.26 bits per heavy atom. The van der Waals surface area contributed by atoms with Crippen LogP contribution in [0, 0.1) is 0 Å². The number of ketones is 1. The van der Waals surface area contributed by atoms with Crippen LogP contribution in [0.15, 0.2) is 53.1 Å². The highest BCUT2D eigenvalue weighted by Crippen LogP contribution is 2.33. The first kappa shape index (κ1) is 13.6. The number of rotatable bonds is 6. The summed E-state index contributed by atoms with van der Waals surface area (Å²) >= 11 is 0. The molecule has 2 aromatic rings. The molecule has 0 aliphatic rings. The van der Waals surface area contributed by atoms with E-state index in [4.69, 9.17) is 4.42 Å². The maximum Gasteiger partial charge on any atom is 0.150 e. The summed E-state index contributed by atoms with van der Waals surface area (Å²) in [6, 6.07) is 13.8. The Morgan fingerprint density at radius 2 is 1.74 bits per heavy atom. The lowest BCUT2D eigenvalue weighted by molar-refractivity contribution is -0.124. The summed E-state index contributed by atoms with van der Waals surface area (Å²) in [5.74, 6) is 0.978. The number of hydrogen-bond acceptors (Lipinski definition) is 2. The van der Waals surface area contributed by atoms with Gasteiger partial charge in [0.25, 0.3) is 0 Å². The van der Waals surface area contributed by atoms with Gasteiger partial charge in [0.05, 0.1) is 18.1 Å². The molecule has 2 nitrogen and oxygen atoms in total. The van der Waals surface area contributed by atoms with E-state index in [1.54, 1.807) is 6.26 Å². The molecule has 0 radical (unpaired) electrons. The standard InChI is InChI=1S/C17H20O2/c1-3-17(4-2,14-9-6-5-7-10-14)16(18)13-15-11-8-12-19-15/h5-12H,3-4,13H2,1-2H3. The lowest BCUT2D eigenvalue weighted by Crippen LogP contribution is -2.35. The molecule has 0 amide bonds. The number of Topliss-reactive ketones (excluding diaryl/α,β-unsaturated/α-hetero) is 1. The number of benzene rings is 1. The second-order valence-electron chi connectivity index (χ2n) is 4.83. The van der Waals surface area contributed by atoms with Crippen molar-refractivity contribution in [2.24, 2.45) is 0 Å². The highest BCUT2D eigenvalue weighted by molar-refractivity contribution is 5.91. The lowest BCUT2D eigenvalue weighted by Gasteiger charge is -2.30. The normalized spacial score (nSPS) is 11.5. The van der Waals surface area contributed by atoms with Crippen molar-refractivity contribution in [1.29, 1.82) is 0 Å². The molecule has 100 valence electrons. The number of furan rings is 1. The van der Waals surface area contributed by atoms with Crippen molar-refractivity contribution in [3.63, 3.8) is 0 Å². The minimum absolute atomic E-state index is 0.235. The first-order chi connectivity index (χ1) is 9.23. The van der Waals surface area contributed by atoms with Gasteiger partial charge < -0.3 is 4.42 Å². The van der Waals surface area contributed by atoms with E-state index >= 15 is 0 Å². The summed E-state index contributed by atoms with van der Waals surface area (Å²) in [7, 11) is 0. The van der Waals surface area contributed by atoms with Crippen molar-refractivity contribution in [3.8, 4) is 0 Å². The Balaban J connectivity index is 2.31. The second-order valence-corrected chi connectivity index (χ2v) is 4.83. The zero-order chi connectivity index (χ0) is 13.7. The Morgan fingerprint density at radius 1 is 1.05 bits per heavy atom. The molecule has 0 N–H and O–H groups in total. The van der Waals surface area contributed by atoms with E-state index < -0.39 is 5.41 Å². The molecule has 0 fully saturated rings. The van der Waals surface area contributed by atoms with Crippen LogP contribution >= 0.6 is 0 Å². The quantitative estimate of drug-likeness (QED) is 0.777. The van der Waals surface area contributed by atoms with Gasteiger partial charge in [-0.1, -0.05) is 44.2 Å². The molecule has 0 unspecified atom stereocenters. The number of carbonyl (C=O) groups excluding carboxylic acids is 1. The van der Waals surface area contributed by atoms with E-state index in [1.807, 2.05) is 42.5 Å². The zero-order valence-electron chi connectivity index (χ0n) is 11.6. The fraction of sp³-hybridized carbons (Fsp3) is 0.353. The Kier molecular flexibility index (Phi) is 4.20. The largest absolute Gasteiger partial charge is 0.469 e. The van der Waals surface area contributed by atoms with Gasteiger partial charge in [-0.15, -0.1) is 0 Å². The Hall–Kier alpha value is -1.83. The van der Waals surface area contributed by atoms with E-state index in [2.05, 4.69) is 13.8 Å². The first-order valence-electron chi connectivity index (χ1n) is 6.84. The fourth-order valence-electron chi connectivity index (χ4n) is 2.71. The van der Waals surface area contributed by atoms with E-state index in [1.165, 1.54) is 0 Å². The van der Waals surface area contributed by atoms with Gasteiger partial charge in [-0.25, -0.2) is 0 Å². The van der Waals surface area contributed by atoms with Crippen LogP contribution in [0.2, 0.25) is 0 Å². The van der Waals surface area contributed by atoms with E-state index in [-0.39, 0.29) is 5.78 Å². The number of carbonyl (C=O) groups is 1. The van der Waals surface area contributed by atoms with Crippen molar-refractivity contribution < 1.29 is 9.21 Å². The van der Waals surface area contributed by atoms with E-state index in [0.717, 1.165) is 24.2 Å². The maximum absolute atomic E-state index is 12.7. The fourth-order valence-corrected chi connectivity index (χ4v) is 2.71. The van der Waals surface area contributed by atoms with Crippen LogP contribution in [0.1, 0.15) is 38.0 Å². The molecule has 1 aromatic heterocycles. The third kappa shape index (κ3) is 2.62. The third-order valence-electron chi connectivity index (χ3n) is 3.98. The molecular weight excluding hydrogens is 236 g/mol. The van der Waals surface area contributed by atoms with Crippen LogP contribution in [-0.2, 0) is 16.6 Å². The van der Waals surface area contributed by atoms with Gasteiger partial charge in [-0.05, 0) is 30.5 Å². The summed E-state index contributed by atoms with van der Waals surface area (Å²) in [6.07, 6.45) is 3.61. The van der Waals surface area contributed by atoms with Gasteiger partial charge in [-0.3, -0.25) is 4.79 Å². The monoisotopic (exact) mass is 256 g/mol. The van der Waals surface area contributed by atoms with Crippen molar-refractivity contribution >= 4 is 5.78 Å². The van der Waals surface area contributed by atoms with Crippen molar-refractivity contribution in [2.45, 2.75) is 38.5 Å². The molecule has 0 aliphatic carbocycles. The Bertz CT molecular complexity index is 507. The SMILES string of the molecule is CCC(CC)(C(=O)Cc1ccco1)c1ccccc1. The summed E-state index contributed by atoms with van der Waals surface area (Å²) in [5.41, 5.74) is 0.713. The molecule has 0 atom stereocenters. The topological polar surface area (TPSA) is 30.2 Å². The molecule has 1 heterocycles. The molecule has 19 heavy (non-hydrogen) atoms. The van der Waals surface area contributed by atoms with E-state index in [0.29, 0.717) is 6.42 Å². The van der Waals surface area contributed by atoms with Crippen LogP contribution in [0.4, 0.5) is 0 Å². The van der Waals surface area contributed by atoms with E-state index in [9.17, 15) is 4.79 Å². The average Bonchev–Trinajstić information content (AvgIpc) is 2.95. The molecule has 2 heteroatoms. The smallest absolute Gasteiger partial charge is 0.150 e. The summed E-state index contributed by atoms with van der Waals surface area (Å²) in [5, 5.41) is 0. The molecule has 2 rings (SSSR count). The van der Waals surface area contributed by atoms with Crippen LogP contribution in [-0.4, -0.2) is 5.78 Å². The van der Waals surface area contributed by atoms with Gasteiger partial charge in [0.15, 0.2) is 5.78 Å². The lowest BCUT2D eigenvalue weighted by atomic mass is 9.71. The molecule has 0 saturated carbocycles. The van der Waals surface area contributed by atoms with Gasteiger partial charge in [0, 0.05) is 0 Å². The number of hydrogen-bond donors (Lipinski definition) is 0. The van der Waals surface area contributed by atoms with Gasteiger partial charge >= 0.3 is 0 Å². The molecule has 0 aliphatic heterocycles.